The lowest BCUT2D eigenvalue weighted by Crippen LogP contribution is -2.45. The Balaban J connectivity index is 1.48. The van der Waals surface area contributed by atoms with E-state index in [2.05, 4.69) is 15.6 Å². The molecule has 0 saturated carbocycles. The van der Waals surface area contributed by atoms with Gasteiger partial charge >= 0.3 is 0 Å². The van der Waals surface area contributed by atoms with Crippen LogP contribution in [0.2, 0.25) is 0 Å². The molecule has 13 heteroatoms. The van der Waals surface area contributed by atoms with Crippen LogP contribution < -0.4 is 26.7 Å². The maximum Gasteiger partial charge on any atom is 0.274 e. The maximum atomic E-state index is 14.1. The van der Waals surface area contributed by atoms with Gasteiger partial charge in [0.15, 0.2) is 0 Å². The number of benzene rings is 2. The van der Waals surface area contributed by atoms with E-state index in [4.69, 9.17) is 15.2 Å². The summed E-state index contributed by atoms with van der Waals surface area (Å²) < 4.78 is 39.3. The molecule has 0 unspecified atom stereocenters. The second-order valence-corrected chi connectivity index (χ2v) is 9.82. The molecule has 4 aromatic rings. The van der Waals surface area contributed by atoms with Crippen LogP contribution in [-0.4, -0.2) is 47.0 Å². The number of carbonyl (C=O) groups excluding carboxylic acids is 3. The highest BCUT2D eigenvalue weighted by atomic mass is 19.1. The molecule has 230 valence electrons. The normalized spacial score (nSPS) is 11.9. The van der Waals surface area contributed by atoms with E-state index >= 15 is 0 Å². The minimum Gasteiger partial charge on any atom is -0.487 e. The molecule has 0 aliphatic heterocycles. The van der Waals surface area contributed by atoms with Crippen LogP contribution in [0, 0.1) is 11.6 Å². The Morgan fingerprint density at radius 3 is 2.68 bits per heavy atom. The number of methoxy groups -OCH3 is 1. The lowest BCUT2D eigenvalue weighted by Gasteiger charge is -2.18. The molecule has 0 bridgehead atoms. The molecule has 2 heterocycles. The summed E-state index contributed by atoms with van der Waals surface area (Å²) in [5, 5.41) is 5.93. The molecule has 0 aliphatic rings. The third-order valence-corrected chi connectivity index (χ3v) is 6.52. The number of allylic oxidation sites excluding steroid dienone is 1. The predicted molar refractivity (Wildman–Crippen MR) is 159 cm³/mol. The van der Waals surface area contributed by atoms with Crippen molar-refractivity contribution in [1.29, 1.82) is 0 Å². The Hall–Kier alpha value is -5.30. The number of hydrogen-bond donors (Lipinski definition) is 4. The summed E-state index contributed by atoms with van der Waals surface area (Å²) in [6.45, 7) is -0.260. The van der Waals surface area contributed by atoms with Gasteiger partial charge in [0.2, 0.25) is 17.7 Å². The number of ether oxygens (including phenoxy) is 2. The van der Waals surface area contributed by atoms with Crippen LogP contribution in [0.3, 0.4) is 0 Å². The number of pyridine rings is 1. The first-order chi connectivity index (χ1) is 21.1. The van der Waals surface area contributed by atoms with Crippen molar-refractivity contribution in [3.8, 4) is 5.75 Å². The minimum atomic E-state index is -1.02. The molecule has 2 aromatic carbocycles. The number of H-pyrrole nitrogens is 1. The van der Waals surface area contributed by atoms with E-state index in [-0.39, 0.29) is 43.9 Å². The average molecular weight is 608 g/mol. The summed E-state index contributed by atoms with van der Waals surface area (Å²) in [6.07, 6.45) is 4.60. The molecule has 4 rings (SSSR count). The predicted octanol–water partition coefficient (Wildman–Crippen LogP) is 3.13. The summed E-state index contributed by atoms with van der Waals surface area (Å²) in [7, 11) is 1.34. The van der Waals surface area contributed by atoms with Gasteiger partial charge in [0.05, 0.1) is 12.1 Å². The zero-order chi connectivity index (χ0) is 31.6. The fraction of sp³-hybridized carbons (Fsp3) is 0.226. The summed E-state index contributed by atoms with van der Waals surface area (Å²) >= 11 is 0. The molecule has 11 nitrogen and oxygen atoms in total. The summed E-state index contributed by atoms with van der Waals surface area (Å²) in [5.74, 6) is -2.73. The third kappa shape index (κ3) is 8.38. The smallest absolute Gasteiger partial charge is 0.274 e. The van der Waals surface area contributed by atoms with Crippen LogP contribution in [0.1, 0.15) is 24.1 Å². The minimum absolute atomic E-state index is 0.00220. The summed E-state index contributed by atoms with van der Waals surface area (Å²) in [6, 6.07) is 12.5. The number of aromatic nitrogens is 2. The lowest BCUT2D eigenvalue weighted by molar-refractivity contribution is -0.129. The van der Waals surface area contributed by atoms with Gasteiger partial charge in [0.25, 0.3) is 5.56 Å². The lowest BCUT2D eigenvalue weighted by atomic mass is 10.1. The largest absolute Gasteiger partial charge is 0.487 e. The van der Waals surface area contributed by atoms with Gasteiger partial charge in [-0.1, -0.05) is 18.2 Å². The standard InChI is InChI=1S/C31H31F2N5O6/c1-43-18-28(40)36-24(7-2-3-10-27(34)39)30(41)37-25-8-5-13-38(31(25)42)16-22-14-19-6-4-9-26(29(19)35-22)44-17-20-11-12-21(32)15-23(20)33/h3-6,8-15,24,35H,2,7,16-18H2,1H3,(H2,34,39)(H,36,40)(H,37,41)/b10-3+/t24-/m0/s1. The number of nitrogens with zero attached hydrogens (tertiary/aromatic N) is 1. The molecular formula is C31H31F2N5O6. The van der Waals surface area contributed by atoms with Gasteiger partial charge in [0, 0.05) is 36.0 Å². The fourth-order valence-corrected chi connectivity index (χ4v) is 4.44. The number of nitrogens with one attached hydrogen (secondary N) is 3. The second-order valence-electron chi connectivity index (χ2n) is 9.82. The van der Waals surface area contributed by atoms with Gasteiger partial charge in [-0.15, -0.1) is 0 Å². The Kier molecular flexibility index (Phi) is 10.6. The van der Waals surface area contributed by atoms with Crippen LogP contribution in [0.5, 0.6) is 5.75 Å². The van der Waals surface area contributed by atoms with Crippen LogP contribution in [0.4, 0.5) is 14.5 Å². The van der Waals surface area contributed by atoms with Crippen LogP contribution in [0.15, 0.2) is 77.7 Å². The average Bonchev–Trinajstić information content (AvgIpc) is 3.39. The van der Waals surface area contributed by atoms with Crippen molar-refractivity contribution in [3.63, 3.8) is 0 Å². The quantitative estimate of drug-likeness (QED) is 0.161. The van der Waals surface area contributed by atoms with Gasteiger partial charge in [-0.3, -0.25) is 19.2 Å². The first kappa shape index (κ1) is 31.6. The highest BCUT2D eigenvalue weighted by Gasteiger charge is 2.21. The SMILES string of the molecule is COCC(=O)N[C@@H](CC/C=C/C(N)=O)C(=O)Nc1cccn(Cc2cc3cccc(OCc4ccc(F)cc4F)c3[nH]2)c1=O. The number of fused-ring (bicyclic) bond motifs is 1. The second kappa shape index (κ2) is 14.7. The molecule has 3 amide bonds. The van der Waals surface area contributed by atoms with E-state index in [1.165, 1.54) is 29.9 Å². The van der Waals surface area contributed by atoms with Crippen molar-refractivity contribution in [1.82, 2.24) is 14.9 Å². The van der Waals surface area contributed by atoms with E-state index in [0.29, 0.717) is 17.0 Å². The number of primary amides is 1. The number of aromatic amines is 1. The molecule has 2 aromatic heterocycles. The van der Waals surface area contributed by atoms with E-state index < -0.39 is 41.0 Å². The first-order valence-corrected chi connectivity index (χ1v) is 13.6. The molecule has 0 spiro atoms. The van der Waals surface area contributed by atoms with Crippen molar-refractivity contribution in [2.24, 2.45) is 5.73 Å². The molecule has 1 atom stereocenters. The van der Waals surface area contributed by atoms with Crippen molar-refractivity contribution in [2.75, 3.05) is 19.0 Å². The van der Waals surface area contributed by atoms with E-state index in [1.54, 1.807) is 24.4 Å². The Labute approximate surface area is 250 Å². The van der Waals surface area contributed by atoms with Gasteiger partial charge in [-0.25, -0.2) is 8.78 Å². The highest BCUT2D eigenvalue weighted by molar-refractivity contribution is 5.97. The number of para-hydroxylation sites is 1. The molecule has 0 saturated heterocycles. The number of hydrogen-bond acceptors (Lipinski definition) is 6. The number of anilines is 1. The molecule has 0 aliphatic carbocycles. The number of rotatable bonds is 14. The Morgan fingerprint density at radius 1 is 1.11 bits per heavy atom. The van der Waals surface area contributed by atoms with Gasteiger partial charge in [-0.05, 0) is 55.3 Å². The zero-order valence-corrected chi connectivity index (χ0v) is 23.8. The van der Waals surface area contributed by atoms with Crippen molar-refractivity contribution >= 4 is 34.3 Å². The van der Waals surface area contributed by atoms with Gasteiger partial charge in [-0.2, -0.15) is 0 Å². The highest BCUT2D eigenvalue weighted by Crippen LogP contribution is 2.27. The summed E-state index contributed by atoms with van der Waals surface area (Å²) in [5.41, 5.74) is 6.08. The zero-order valence-electron chi connectivity index (χ0n) is 23.8. The monoisotopic (exact) mass is 607 g/mol. The molecule has 5 N–H and O–H groups in total. The van der Waals surface area contributed by atoms with Crippen molar-refractivity contribution < 1.29 is 32.6 Å². The maximum absolute atomic E-state index is 14.1. The molecule has 44 heavy (non-hydrogen) atoms. The van der Waals surface area contributed by atoms with E-state index in [0.717, 1.165) is 23.6 Å². The van der Waals surface area contributed by atoms with Crippen LogP contribution in [0.25, 0.3) is 10.9 Å². The van der Waals surface area contributed by atoms with Crippen LogP contribution >= 0.6 is 0 Å². The van der Waals surface area contributed by atoms with Crippen molar-refractivity contribution in [3.05, 3.63) is 106 Å². The summed E-state index contributed by atoms with van der Waals surface area (Å²) in [4.78, 5) is 52.6. The third-order valence-electron chi connectivity index (χ3n) is 6.52. The van der Waals surface area contributed by atoms with E-state index in [9.17, 15) is 28.0 Å². The Bertz CT molecular complexity index is 1750. The van der Waals surface area contributed by atoms with E-state index in [1.807, 2.05) is 12.1 Å². The topological polar surface area (TPSA) is 158 Å². The molecular weight excluding hydrogens is 576 g/mol. The van der Waals surface area contributed by atoms with Crippen molar-refractivity contribution in [2.45, 2.75) is 32.0 Å². The fourth-order valence-electron chi connectivity index (χ4n) is 4.44. The van der Waals surface area contributed by atoms with Crippen LogP contribution in [-0.2, 0) is 32.3 Å². The molecule has 0 radical (unpaired) electrons. The van der Waals surface area contributed by atoms with Gasteiger partial charge in [0.1, 0.15) is 42.3 Å². The first-order valence-electron chi connectivity index (χ1n) is 13.6. The Morgan fingerprint density at radius 2 is 1.93 bits per heavy atom. The van der Waals surface area contributed by atoms with Gasteiger partial charge < -0.3 is 35.4 Å². The number of halogens is 2. The number of nitrogens with two attached hydrogens (primary N) is 1. The number of amides is 3. The number of carbonyl (C=O) groups is 3. The molecule has 0 fully saturated rings.